The van der Waals surface area contributed by atoms with E-state index >= 15 is 0 Å². The number of rotatable bonds is 6. The Morgan fingerprint density at radius 3 is 2.67 bits per heavy atom. The molecule has 144 valence electrons. The molecular weight excluding hydrogens is 382 g/mol. The molecule has 0 saturated carbocycles. The van der Waals surface area contributed by atoms with E-state index < -0.39 is 0 Å². The summed E-state index contributed by atoms with van der Waals surface area (Å²) in [6.07, 6.45) is 0. The van der Waals surface area contributed by atoms with Crippen LogP contribution in [0.4, 0.5) is 5.13 Å². The fourth-order valence-corrected chi connectivity index (χ4v) is 4.26. The van der Waals surface area contributed by atoms with Crippen LogP contribution in [0.15, 0.2) is 42.5 Å². The van der Waals surface area contributed by atoms with E-state index in [1.807, 2.05) is 12.1 Å². The number of hydrogen-bond acceptors (Lipinski definition) is 6. The summed E-state index contributed by atoms with van der Waals surface area (Å²) in [6.45, 7) is 5.56. The molecule has 0 radical (unpaired) electrons. The highest BCUT2D eigenvalue weighted by Crippen LogP contribution is 2.39. The van der Waals surface area contributed by atoms with Gasteiger partial charge in [-0.3, -0.25) is 4.90 Å². The van der Waals surface area contributed by atoms with Crippen LogP contribution in [0.25, 0.3) is 21.3 Å². The van der Waals surface area contributed by atoms with Gasteiger partial charge in [0.05, 0.1) is 25.0 Å². The molecule has 4 rings (SSSR count). The van der Waals surface area contributed by atoms with Crippen molar-refractivity contribution in [3.05, 3.63) is 42.5 Å². The molecule has 1 aromatic heterocycles. The van der Waals surface area contributed by atoms with Crippen molar-refractivity contribution in [1.29, 1.82) is 0 Å². The Balaban J connectivity index is 0.00000210. The number of morpholine rings is 1. The lowest BCUT2D eigenvalue weighted by Gasteiger charge is -2.26. The number of methoxy groups -OCH3 is 1. The number of thiazole rings is 1. The zero-order valence-electron chi connectivity index (χ0n) is 15.3. The third-order valence-electron chi connectivity index (χ3n) is 4.62. The number of hydrogen-bond donors (Lipinski definition) is 1. The van der Waals surface area contributed by atoms with Gasteiger partial charge < -0.3 is 14.8 Å². The Morgan fingerprint density at radius 1 is 1.15 bits per heavy atom. The van der Waals surface area contributed by atoms with Crippen LogP contribution in [-0.2, 0) is 4.74 Å². The van der Waals surface area contributed by atoms with Crippen LogP contribution in [0, 0.1) is 0 Å². The highest BCUT2D eigenvalue weighted by Gasteiger charge is 2.15. The zero-order valence-corrected chi connectivity index (χ0v) is 16.9. The average Bonchev–Trinajstić information content (AvgIpc) is 3.13. The molecule has 5 nitrogen and oxygen atoms in total. The lowest BCUT2D eigenvalue weighted by molar-refractivity contribution is 0.0398. The van der Waals surface area contributed by atoms with Gasteiger partial charge in [-0.2, -0.15) is 0 Å². The lowest BCUT2D eigenvalue weighted by Crippen LogP contribution is -2.38. The molecule has 0 aliphatic carbocycles. The molecule has 1 N–H and O–H groups in total. The van der Waals surface area contributed by atoms with Crippen molar-refractivity contribution in [1.82, 2.24) is 9.88 Å². The molecule has 0 bridgehead atoms. The second kappa shape index (κ2) is 9.37. The van der Waals surface area contributed by atoms with Gasteiger partial charge >= 0.3 is 0 Å². The number of ether oxygens (including phenoxy) is 2. The first-order valence-electron chi connectivity index (χ1n) is 8.92. The van der Waals surface area contributed by atoms with Gasteiger partial charge in [-0.05, 0) is 17.7 Å². The Bertz CT molecular complexity index is 866. The van der Waals surface area contributed by atoms with Gasteiger partial charge in [-0.1, -0.05) is 41.7 Å². The molecule has 1 fully saturated rings. The van der Waals surface area contributed by atoms with Gasteiger partial charge in [-0.25, -0.2) is 4.98 Å². The predicted molar refractivity (Wildman–Crippen MR) is 115 cm³/mol. The molecule has 0 unspecified atom stereocenters. The van der Waals surface area contributed by atoms with E-state index in [0.717, 1.165) is 60.5 Å². The van der Waals surface area contributed by atoms with Gasteiger partial charge in [0.2, 0.25) is 0 Å². The maximum Gasteiger partial charge on any atom is 0.183 e. The highest BCUT2D eigenvalue weighted by atomic mass is 35.5. The Hall–Kier alpha value is -1.86. The third-order valence-corrected chi connectivity index (χ3v) is 5.67. The van der Waals surface area contributed by atoms with Gasteiger partial charge in [0, 0.05) is 31.7 Å². The normalized spacial score (nSPS) is 14.7. The van der Waals surface area contributed by atoms with E-state index in [-0.39, 0.29) is 12.4 Å². The zero-order chi connectivity index (χ0) is 17.8. The van der Waals surface area contributed by atoms with Crippen LogP contribution in [-0.4, -0.2) is 56.4 Å². The smallest absolute Gasteiger partial charge is 0.183 e. The summed E-state index contributed by atoms with van der Waals surface area (Å²) in [5, 5.41) is 4.42. The van der Waals surface area contributed by atoms with Crippen LogP contribution in [0.1, 0.15) is 0 Å². The number of nitrogens with zero attached hydrogens (tertiary/aromatic N) is 2. The van der Waals surface area contributed by atoms with E-state index in [9.17, 15) is 0 Å². The van der Waals surface area contributed by atoms with Gasteiger partial charge in [-0.15, -0.1) is 12.4 Å². The Kier molecular flexibility index (Phi) is 6.90. The Labute approximate surface area is 169 Å². The first-order valence-corrected chi connectivity index (χ1v) is 9.74. The van der Waals surface area contributed by atoms with E-state index in [4.69, 9.17) is 14.5 Å². The molecule has 0 spiro atoms. The Morgan fingerprint density at radius 2 is 1.93 bits per heavy atom. The second-order valence-corrected chi connectivity index (χ2v) is 7.26. The molecule has 1 aliphatic heterocycles. The van der Waals surface area contributed by atoms with E-state index in [0.29, 0.717) is 0 Å². The second-order valence-electron chi connectivity index (χ2n) is 6.26. The number of fused-ring (bicyclic) bond motifs is 1. The summed E-state index contributed by atoms with van der Waals surface area (Å²) in [6, 6.07) is 14.5. The van der Waals surface area contributed by atoms with Crippen molar-refractivity contribution in [3.63, 3.8) is 0 Å². The van der Waals surface area contributed by atoms with Gasteiger partial charge in [0.1, 0.15) is 11.3 Å². The fraction of sp³-hybridized carbons (Fsp3) is 0.350. The first-order chi connectivity index (χ1) is 12.8. The van der Waals surface area contributed by atoms with Crippen LogP contribution in [0.2, 0.25) is 0 Å². The number of anilines is 1. The third kappa shape index (κ3) is 4.52. The SMILES string of the molecule is COc1ccc(-c2ccccc2)c2sc(NCCN3CCOCC3)nc12.Cl. The average molecular weight is 406 g/mol. The minimum absolute atomic E-state index is 0. The van der Waals surface area contributed by atoms with Crippen molar-refractivity contribution >= 4 is 39.1 Å². The van der Waals surface area contributed by atoms with Crippen LogP contribution >= 0.6 is 23.7 Å². The molecular formula is C20H24ClN3O2S. The molecule has 0 amide bonds. The minimum Gasteiger partial charge on any atom is -0.494 e. The topological polar surface area (TPSA) is 46.6 Å². The standard InChI is InChI=1S/C20H23N3O2S.ClH/c1-24-17-8-7-16(15-5-3-2-4-6-15)19-18(17)22-20(26-19)21-9-10-23-11-13-25-14-12-23;/h2-8H,9-14H2,1H3,(H,21,22);1H. The summed E-state index contributed by atoms with van der Waals surface area (Å²) >= 11 is 1.69. The molecule has 3 aromatic rings. The van der Waals surface area contributed by atoms with Crippen molar-refractivity contribution < 1.29 is 9.47 Å². The van der Waals surface area contributed by atoms with Gasteiger partial charge in [0.25, 0.3) is 0 Å². The minimum atomic E-state index is 0. The monoisotopic (exact) mass is 405 g/mol. The first kappa shape index (κ1) is 19.9. The molecule has 0 atom stereocenters. The number of nitrogens with one attached hydrogen (secondary N) is 1. The molecule has 2 heterocycles. The summed E-state index contributed by atoms with van der Waals surface area (Å²) in [5.41, 5.74) is 3.32. The molecule has 27 heavy (non-hydrogen) atoms. The molecule has 1 aliphatic rings. The van der Waals surface area contributed by atoms with Crippen LogP contribution in [0.3, 0.4) is 0 Å². The summed E-state index contributed by atoms with van der Waals surface area (Å²) in [4.78, 5) is 7.21. The van der Waals surface area contributed by atoms with Gasteiger partial charge in [0.15, 0.2) is 5.13 Å². The van der Waals surface area contributed by atoms with Crippen molar-refractivity contribution in [2.24, 2.45) is 0 Å². The quantitative estimate of drug-likeness (QED) is 0.667. The predicted octanol–water partition coefficient (Wildman–Crippen LogP) is 4.14. The summed E-state index contributed by atoms with van der Waals surface area (Å²) in [5.74, 6) is 0.817. The summed E-state index contributed by atoms with van der Waals surface area (Å²) < 4.78 is 12.1. The van der Waals surface area contributed by atoms with Crippen molar-refractivity contribution in [3.8, 4) is 16.9 Å². The highest BCUT2D eigenvalue weighted by molar-refractivity contribution is 7.22. The maximum atomic E-state index is 5.53. The van der Waals surface area contributed by atoms with Crippen molar-refractivity contribution in [2.45, 2.75) is 0 Å². The van der Waals surface area contributed by atoms with E-state index in [1.165, 1.54) is 11.1 Å². The van der Waals surface area contributed by atoms with Crippen LogP contribution in [0.5, 0.6) is 5.75 Å². The largest absolute Gasteiger partial charge is 0.494 e. The van der Waals surface area contributed by atoms with E-state index in [1.54, 1.807) is 18.4 Å². The fourth-order valence-electron chi connectivity index (χ4n) is 3.21. The molecule has 7 heteroatoms. The number of halogens is 1. The molecule has 2 aromatic carbocycles. The summed E-state index contributed by atoms with van der Waals surface area (Å²) in [7, 11) is 1.70. The lowest BCUT2D eigenvalue weighted by atomic mass is 10.1. The van der Waals surface area contributed by atoms with Crippen molar-refractivity contribution in [2.75, 3.05) is 51.8 Å². The van der Waals surface area contributed by atoms with E-state index in [2.05, 4.69) is 40.5 Å². The molecule has 1 saturated heterocycles. The maximum absolute atomic E-state index is 5.53. The number of aromatic nitrogens is 1. The van der Waals surface area contributed by atoms with Crippen LogP contribution < -0.4 is 10.1 Å². The number of benzene rings is 2.